The van der Waals surface area contributed by atoms with Crippen LogP contribution in [0, 0.1) is 13.8 Å². The Hall–Kier alpha value is -1.82. The highest BCUT2D eigenvalue weighted by Crippen LogP contribution is 2.28. The van der Waals surface area contributed by atoms with Crippen LogP contribution in [-0.2, 0) is 12.3 Å². The van der Waals surface area contributed by atoms with E-state index in [-0.39, 0.29) is 6.61 Å². The Morgan fingerprint density at radius 2 is 1.83 bits per heavy atom. The lowest BCUT2D eigenvalue weighted by molar-refractivity contribution is 0.0802. The van der Waals surface area contributed by atoms with Crippen LogP contribution >= 0.6 is 11.8 Å². The third-order valence-corrected chi connectivity index (χ3v) is 5.19. The van der Waals surface area contributed by atoms with E-state index in [1.165, 1.54) is 16.7 Å². The fourth-order valence-corrected chi connectivity index (χ4v) is 3.61. The Kier molecular flexibility index (Phi) is 5.23. The van der Waals surface area contributed by atoms with Crippen molar-refractivity contribution in [3.05, 3.63) is 59.2 Å². The van der Waals surface area contributed by atoms with Gasteiger partial charge in [0.2, 0.25) is 0 Å². The number of aromatic nitrogens is 2. The highest BCUT2D eigenvalue weighted by molar-refractivity contribution is 7.98. The van der Waals surface area contributed by atoms with Gasteiger partial charge in [-0.25, -0.2) is 4.98 Å². The van der Waals surface area contributed by atoms with Crippen molar-refractivity contribution in [3.63, 3.8) is 0 Å². The molecule has 0 radical (unpaired) electrons. The molecule has 1 atom stereocenters. The number of rotatable bonds is 6. The van der Waals surface area contributed by atoms with Gasteiger partial charge in [-0.1, -0.05) is 42.1 Å². The van der Waals surface area contributed by atoms with E-state index in [0.29, 0.717) is 6.54 Å². The summed E-state index contributed by atoms with van der Waals surface area (Å²) in [5.41, 5.74) is 5.56. The average molecular weight is 342 g/mol. The van der Waals surface area contributed by atoms with Crippen LogP contribution in [0.5, 0.6) is 0 Å². The van der Waals surface area contributed by atoms with Crippen LogP contribution in [-0.4, -0.2) is 32.5 Å². The van der Waals surface area contributed by atoms with Crippen molar-refractivity contribution in [3.8, 4) is 0 Å². The van der Waals surface area contributed by atoms with E-state index in [9.17, 15) is 10.2 Å². The van der Waals surface area contributed by atoms with Crippen molar-refractivity contribution in [1.82, 2.24) is 9.55 Å². The molecule has 0 spiro atoms. The zero-order chi connectivity index (χ0) is 17.1. The number of aliphatic hydroxyl groups is 2. The van der Waals surface area contributed by atoms with Crippen LogP contribution in [0.4, 0.5) is 0 Å². The Balaban J connectivity index is 1.96. The number of thioether (sulfide) groups is 1. The van der Waals surface area contributed by atoms with Gasteiger partial charge in [-0.3, -0.25) is 0 Å². The molecule has 126 valence electrons. The molecule has 0 aliphatic carbocycles. The van der Waals surface area contributed by atoms with E-state index in [1.54, 1.807) is 11.8 Å². The summed E-state index contributed by atoms with van der Waals surface area (Å²) in [6, 6.07) is 14.4. The summed E-state index contributed by atoms with van der Waals surface area (Å²) in [5, 5.41) is 20.0. The standard InChI is InChI=1S/C19H22N2O2S/c1-13-8-17-18(9-14(13)2)21(10-16(23)11-22)19(20-17)24-12-15-6-4-3-5-7-15/h3-9,16,22-23H,10-12H2,1-2H3/t16-/m0/s1. The van der Waals surface area contributed by atoms with Gasteiger partial charge in [0, 0.05) is 5.75 Å². The molecule has 0 aliphatic rings. The van der Waals surface area contributed by atoms with Crippen LogP contribution in [0.25, 0.3) is 11.0 Å². The summed E-state index contributed by atoms with van der Waals surface area (Å²) in [4.78, 5) is 4.75. The maximum atomic E-state index is 9.91. The van der Waals surface area contributed by atoms with Gasteiger partial charge in [0.1, 0.15) is 0 Å². The smallest absolute Gasteiger partial charge is 0.169 e. The number of nitrogens with zero attached hydrogens (tertiary/aromatic N) is 2. The van der Waals surface area contributed by atoms with E-state index in [1.807, 2.05) is 22.8 Å². The number of aliphatic hydroxyl groups excluding tert-OH is 2. The molecule has 0 fully saturated rings. The van der Waals surface area contributed by atoms with Crippen molar-refractivity contribution in [2.24, 2.45) is 0 Å². The van der Waals surface area contributed by atoms with E-state index in [0.717, 1.165) is 21.9 Å². The third kappa shape index (κ3) is 3.64. The summed E-state index contributed by atoms with van der Waals surface area (Å²) >= 11 is 1.65. The molecule has 0 unspecified atom stereocenters. The predicted molar refractivity (Wildman–Crippen MR) is 98.3 cm³/mol. The SMILES string of the molecule is Cc1cc2nc(SCc3ccccc3)n(C[C@H](O)CO)c2cc1C. The molecule has 3 rings (SSSR count). The van der Waals surface area contributed by atoms with Gasteiger partial charge < -0.3 is 14.8 Å². The number of fused-ring (bicyclic) bond motifs is 1. The second kappa shape index (κ2) is 7.38. The van der Waals surface area contributed by atoms with Gasteiger partial charge in [-0.05, 0) is 42.7 Å². The molecule has 3 aromatic rings. The molecular formula is C19H22N2O2S. The molecule has 0 aliphatic heterocycles. The minimum absolute atomic E-state index is 0.257. The summed E-state index contributed by atoms with van der Waals surface area (Å²) in [7, 11) is 0. The Morgan fingerprint density at radius 1 is 1.12 bits per heavy atom. The Labute approximate surface area is 146 Å². The highest BCUT2D eigenvalue weighted by Gasteiger charge is 2.15. The van der Waals surface area contributed by atoms with Crippen molar-refractivity contribution >= 4 is 22.8 Å². The first kappa shape index (κ1) is 17.0. The largest absolute Gasteiger partial charge is 0.394 e. The Bertz CT molecular complexity index is 830. The lowest BCUT2D eigenvalue weighted by Crippen LogP contribution is -2.20. The van der Waals surface area contributed by atoms with Gasteiger partial charge in [-0.15, -0.1) is 0 Å². The van der Waals surface area contributed by atoms with Gasteiger partial charge in [0.15, 0.2) is 5.16 Å². The lowest BCUT2D eigenvalue weighted by Gasteiger charge is -2.13. The van der Waals surface area contributed by atoms with E-state index in [4.69, 9.17) is 4.98 Å². The van der Waals surface area contributed by atoms with Crippen LogP contribution < -0.4 is 0 Å². The summed E-state index contributed by atoms with van der Waals surface area (Å²) in [5.74, 6) is 0.817. The molecule has 2 N–H and O–H groups in total. The van der Waals surface area contributed by atoms with Crippen molar-refractivity contribution < 1.29 is 10.2 Å². The van der Waals surface area contributed by atoms with Crippen molar-refractivity contribution in [2.45, 2.75) is 37.4 Å². The van der Waals surface area contributed by atoms with Crippen LogP contribution in [0.2, 0.25) is 0 Å². The normalized spacial score (nSPS) is 12.7. The first-order valence-corrected chi connectivity index (χ1v) is 9.00. The first-order valence-electron chi connectivity index (χ1n) is 8.01. The third-order valence-electron chi connectivity index (χ3n) is 4.14. The summed E-state index contributed by atoms with van der Waals surface area (Å²) < 4.78 is 2.01. The van der Waals surface area contributed by atoms with Gasteiger partial charge in [-0.2, -0.15) is 0 Å². The minimum Gasteiger partial charge on any atom is -0.394 e. The molecule has 0 saturated heterocycles. The molecule has 0 saturated carbocycles. The quantitative estimate of drug-likeness (QED) is 0.675. The molecule has 1 heterocycles. The monoisotopic (exact) mass is 342 g/mol. The predicted octanol–water partition coefficient (Wildman–Crippen LogP) is 3.30. The molecule has 0 amide bonds. The highest BCUT2D eigenvalue weighted by atomic mass is 32.2. The minimum atomic E-state index is -0.792. The number of hydrogen-bond acceptors (Lipinski definition) is 4. The molecule has 0 bridgehead atoms. The lowest BCUT2D eigenvalue weighted by atomic mass is 10.1. The van der Waals surface area contributed by atoms with Crippen molar-refractivity contribution in [1.29, 1.82) is 0 Å². The number of benzene rings is 2. The Morgan fingerprint density at radius 3 is 2.54 bits per heavy atom. The van der Waals surface area contributed by atoms with E-state index in [2.05, 4.69) is 38.1 Å². The van der Waals surface area contributed by atoms with Crippen molar-refractivity contribution in [2.75, 3.05) is 6.61 Å². The van der Waals surface area contributed by atoms with E-state index >= 15 is 0 Å². The van der Waals surface area contributed by atoms with Gasteiger partial charge in [0.05, 0.1) is 30.3 Å². The molecular weight excluding hydrogens is 320 g/mol. The van der Waals surface area contributed by atoms with Gasteiger partial charge in [0.25, 0.3) is 0 Å². The van der Waals surface area contributed by atoms with Crippen LogP contribution in [0.3, 0.4) is 0 Å². The number of imidazole rings is 1. The van der Waals surface area contributed by atoms with E-state index < -0.39 is 6.10 Å². The molecule has 4 nitrogen and oxygen atoms in total. The number of hydrogen-bond donors (Lipinski definition) is 2. The maximum absolute atomic E-state index is 9.91. The van der Waals surface area contributed by atoms with Crippen LogP contribution in [0.15, 0.2) is 47.6 Å². The molecule has 2 aromatic carbocycles. The molecule has 24 heavy (non-hydrogen) atoms. The van der Waals surface area contributed by atoms with Crippen LogP contribution in [0.1, 0.15) is 16.7 Å². The number of aryl methyl sites for hydroxylation is 2. The summed E-state index contributed by atoms with van der Waals surface area (Å²) in [6.45, 7) is 4.23. The second-order valence-electron chi connectivity index (χ2n) is 6.04. The fraction of sp³-hybridized carbons (Fsp3) is 0.316. The fourth-order valence-electron chi connectivity index (χ4n) is 2.64. The van der Waals surface area contributed by atoms with Gasteiger partial charge >= 0.3 is 0 Å². The maximum Gasteiger partial charge on any atom is 0.169 e. The molecule has 1 aromatic heterocycles. The molecule has 5 heteroatoms. The second-order valence-corrected chi connectivity index (χ2v) is 6.98. The zero-order valence-corrected chi connectivity index (χ0v) is 14.8. The zero-order valence-electron chi connectivity index (χ0n) is 13.9. The first-order chi connectivity index (χ1) is 11.6. The summed E-state index contributed by atoms with van der Waals surface area (Å²) in [6.07, 6.45) is -0.792. The topological polar surface area (TPSA) is 58.3 Å². The average Bonchev–Trinajstić information content (AvgIpc) is 2.91.